The van der Waals surface area contributed by atoms with Crippen LogP contribution < -0.4 is 4.74 Å². The Hall–Kier alpha value is -2.35. The fraction of sp³-hybridized carbons (Fsp3) is 0.211. The smallest absolute Gasteiger partial charge is 0.185 e. The van der Waals surface area contributed by atoms with E-state index >= 15 is 0 Å². The minimum Gasteiger partial charge on any atom is -0.493 e. The van der Waals surface area contributed by atoms with Crippen LogP contribution in [0.15, 0.2) is 54.6 Å². The van der Waals surface area contributed by atoms with Gasteiger partial charge < -0.3 is 4.74 Å². The lowest BCUT2D eigenvalue weighted by Crippen LogP contribution is -1.96. The van der Waals surface area contributed by atoms with E-state index in [0.29, 0.717) is 12.2 Å². The van der Waals surface area contributed by atoms with Crippen LogP contribution in [0.4, 0.5) is 0 Å². The van der Waals surface area contributed by atoms with Crippen molar-refractivity contribution in [2.24, 2.45) is 0 Å². The van der Waals surface area contributed by atoms with Crippen LogP contribution in [0.3, 0.4) is 0 Å². The van der Waals surface area contributed by atoms with Crippen molar-refractivity contribution in [1.29, 1.82) is 0 Å². The highest BCUT2D eigenvalue weighted by atomic mass is 16.5. The van der Waals surface area contributed by atoms with Gasteiger partial charge in [0.25, 0.3) is 0 Å². The van der Waals surface area contributed by atoms with Gasteiger partial charge in [0.2, 0.25) is 0 Å². The van der Waals surface area contributed by atoms with Gasteiger partial charge >= 0.3 is 0 Å². The van der Waals surface area contributed by atoms with E-state index in [9.17, 15) is 4.79 Å². The second-order valence-electron chi connectivity index (χ2n) is 4.72. The second-order valence-corrected chi connectivity index (χ2v) is 4.72. The van der Waals surface area contributed by atoms with Crippen molar-refractivity contribution in [3.05, 3.63) is 71.3 Å². The monoisotopic (exact) mass is 280 g/mol. The highest BCUT2D eigenvalue weighted by Gasteiger charge is 2.03. The molecule has 0 saturated heterocycles. The third kappa shape index (κ3) is 4.06. The molecule has 0 aromatic heterocycles. The highest BCUT2D eigenvalue weighted by molar-refractivity contribution is 6.06. The Balaban J connectivity index is 2.14. The van der Waals surface area contributed by atoms with Crippen molar-refractivity contribution in [3.63, 3.8) is 0 Å². The van der Waals surface area contributed by atoms with Gasteiger partial charge in [0.05, 0.1) is 6.61 Å². The van der Waals surface area contributed by atoms with Crippen molar-refractivity contribution >= 4 is 11.9 Å². The number of rotatable bonds is 6. The van der Waals surface area contributed by atoms with Crippen LogP contribution in [0.2, 0.25) is 0 Å². The Morgan fingerprint density at radius 1 is 1.05 bits per heavy atom. The van der Waals surface area contributed by atoms with Gasteiger partial charge in [-0.1, -0.05) is 49.4 Å². The van der Waals surface area contributed by atoms with Gasteiger partial charge in [0, 0.05) is 11.1 Å². The molecule has 2 rings (SSSR count). The third-order valence-electron chi connectivity index (χ3n) is 3.28. The summed E-state index contributed by atoms with van der Waals surface area (Å²) in [7, 11) is 0. The largest absolute Gasteiger partial charge is 0.493 e. The van der Waals surface area contributed by atoms with Crippen molar-refractivity contribution in [1.82, 2.24) is 0 Å². The molecule has 0 amide bonds. The third-order valence-corrected chi connectivity index (χ3v) is 3.28. The van der Waals surface area contributed by atoms with Crippen molar-refractivity contribution in [2.45, 2.75) is 20.3 Å². The van der Waals surface area contributed by atoms with E-state index in [1.165, 1.54) is 5.56 Å². The topological polar surface area (TPSA) is 26.3 Å². The quantitative estimate of drug-likeness (QED) is 0.573. The summed E-state index contributed by atoms with van der Waals surface area (Å²) in [5.74, 6) is 0.800. The number of ether oxygens (including phenoxy) is 1. The van der Waals surface area contributed by atoms with Gasteiger partial charge in [0.15, 0.2) is 5.78 Å². The van der Waals surface area contributed by atoms with Gasteiger partial charge in [-0.05, 0) is 37.1 Å². The van der Waals surface area contributed by atoms with Crippen LogP contribution >= 0.6 is 0 Å². The first-order chi connectivity index (χ1) is 10.2. The normalized spacial score (nSPS) is 10.8. The van der Waals surface area contributed by atoms with Crippen molar-refractivity contribution in [3.8, 4) is 5.75 Å². The maximum absolute atomic E-state index is 12.2. The average molecular weight is 280 g/mol. The lowest BCUT2D eigenvalue weighted by Gasteiger charge is -2.06. The van der Waals surface area contributed by atoms with Gasteiger partial charge in [-0.15, -0.1) is 0 Å². The summed E-state index contributed by atoms with van der Waals surface area (Å²) in [6.07, 6.45) is 4.38. The standard InChI is InChI=1S/C19H20O2/c1-3-15-9-11-16(12-10-15)18(20)14-13-17-7-5-6-8-19(17)21-4-2/h5-14H,3-4H2,1-2H3/b14-13+. The molecule has 0 fully saturated rings. The first-order valence-electron chi connectivity index (χ1n) is 7.27. The maximum atomic E-state index is 12.2. The lowest BCUT2D eigenvalue weighted by molar-refractivity contribution is 0.104. The Kier molecular flexibility index (Phi) is 5.33. The summed E-state index contributed by atoms with van der Waals surface area (Å²) in [6, 6.07) is 15.4. The van der Waals surface area contributed by atoms with Gasteiger partial charge in [-0.25, -0.2) is 0 Å². The van der Waals surface area contributed by atoms with E-state index in [1.807, 2.05) is 55.5 Å². The number of carbonyl (C=O) groups is 1. The molecular weight excluding hydrogens is 260 g/mol. The van der Waals surface area contributed by atoms with Crippen LogP contribution in [0.25, 0.3) is 6.08 Å². The van der Waals surface area contributed by atoms with Gasteiger partial charge in [0.1, 0.15) is 5.75 Å². The fourth-order valence-electron chi connectivity index (χ4n) is 2.07. The summed E-state index contributed by atoms with van der Waals surface area (Å²) < 4.78 is 5.54. The van der Waals surface area contributed by atoms with Crippen LogP contribution in [0, 0.1) is 0 Å². The molecule has 0 unspecified atom stereocenters. The summed E-state index contributed by atoms with van der Waals surface area (Å²) in [4.78, 5) is 12.2. The Morgan fingerprint density at radius 2 is 1.76 bits per heavy atom. The fourth-order valence-corrected chi connectivity index (χ4v) is 2.07. The minimum atomic E-state index is 0.00366. The molecule has 0 atom stereocenters. The van der Waals surface area contributed by atoms with E-state index in [1.54, 1.807) is 12.2 Å². The van der Waals surface area contributed by atoms with E-state index < -0.39 is 0 Å². The summed E-state index contributed by atoms with van der Waals surface area (Å²) >= 11 is 0. The summed E-state index contributed by atoms with van der Waals surface area (Å²) in [5, 5.41) is 0. The average Bonchev–Trinajstić information content (AvgIpc) is 2.54. The van der Waals surface area contributed by atoms with Gasteiger partial charge in [-0.3, -0.25) is 4.79 Å². The summed E-state index contributed by atoms with van der Waals surface area (Å²) in [5.41, 5.74) is 2.85. The molecule has 0 heterocycles. The molecule has 0 aliphatic carbocycles. The molecule has 0 radical (unpaired) electrons. The van der Waals surface area contributed by atoms with Crippen molar-refractivity contribution < 1.29 is 9.53 Å². The SMILES string of the molecule is CCOc1ccccc1/C=C/C(=O)c1ccc(CC)cc1. The van der Waals surface area contributed by atoms with Crippen molar-refractivity contribution in [2.75, 3.05) is 6.61 Å². The van der Waals surface area contributed by atoms with E-state index in [-0.39, 0.29) is 5.78 Å². The number of allylic oxidation sites excluding steroid dienone is 1. The van der Waals surface area contributed by atoms with Gasteiger partial charge in [-0.2, -0.15) is 0 Å². The predicted molar refractivity (Wildman–Crippen MR) is 86.8 cm³/mol. The summed E-state index contributed by atoms with van der Waals surface area (Å²) in [6.45, 7) is 4.65. The predicted octanol–water partition coefficient (Wildman–Crippen LogP) is 4.54. The van der Waals surface area contributed by atoms with Crippen LogP contribution in [-0.4, -0.2) is 12.4 Å². The molecule has 2 heteroatoms. The molecule has 0 saturated carbocycles. The first-order valence-corrected chi connectivity index (χ1v) is 7.27. The number of carbonyl (C=O) groups excluding carboxylic acids is 1. The van der Waals surface area contributed by atoms with Crippen LogP contribution in [-0.2, 0) is 6.42 Å². The Labute approximate surface area is 126 Å². The van der Waals surface area contributed by atoms with E-state index in [0.717, 1.165) is 17.7 Å². The number of benzene rings is 2. The zero-order valence-corrected chi connectivity index (χ0v) is 12.5. The molecule has 2 aromatic rings. The molecular formula is C19H20O2. The first kappa shape index (κ1) is 15.0. The zero-order chi connectivity index (χ0) is 15.1. The molecule has 21 heavy (non-hydrogen) atoms. The molecule has 2 aromatic carbocycles. The van der Waals surface area contributed by atoms with E-state index in [2.05, 4.69) is 6.92 Å². The molecule has 0 aliphatic rings. The minimum absolute atomic E-state index is 0.00366. The highest BCUT2D eigenvalue weighted by Crippen LogP contribution is 2.19. The molecule has 2 nitrogen and oxygen atoms in total. The van der Waals surface area contributed by atoms with Crippen LogP contribution in [0.1, 0.15) is 35.3 Å². The van der Waals surface area contributed by atoms with E-state index in [4.69, 9.17) is 4.74 Å². The molecule has 0 aliphatic heterocycles. The molecule has 0 N–H and O–H groups in total. The second kappa shape index (κ2) is 7.44. The number of hydrogen-bond acceptors (Lipinski definition) is 2. The number of para-hydroxylation sites is 1. The Morgan fingerprint density at radius 3 is 2.43 bits per heavy atom. The molecule has 0 spiro atoms. The molecule has 108 valence electrons. The number of hydrogen-bond donors (Lipinski definition) is 0. The number of aryl methyl sites for hydroxylation is 1. The number of ketones is 1. The van der Waals surface area contributed by atoms with Crippen LogP contribution in [0.5, 0.6) is 5.75 Å². The Bertz CT molecular complexity index is 624. The lowest BCUT2D eigenvalue weighted by atomic mass is 10.1. The zero-order valence-electron chi connectivity index (χ0n) is 12.5. The molecule has 0 bridgehead atoms. The maximum Gasteiger partial charge on any atom is 0.185 e.